The Morgan fingerprint density at radius 3 is 2.00 bits per heavy atom. The van der Waals surface area contributed by atoms with E-state index in [1.54, 1.807) is 5.17 Å². The minimum absolute atomic E-state index is 0.0104. The molecule has 1 rings (SSSR count). The first-order chi connectivity index (χ1) is 4.01. The van der Waals surface area contributed by atoms with Crippen LogP contribution in [0.3, 0.4) is 0 Å². The lowest BCUT2D eigenvalue weighted by atomic mass is 10.1. The summed E-state index contributed by atoms with van der Waals surface area (Å²) < 4.78 is 0. The molecule has 1 aliphatic rings. The van der Waals surface area contributed by atoms with Crippen molar-refractivity contribution >= 4 is 0 Å². The molecule has 0 radical (unpaired) electrons. The predicted octanol–water partition coefficient (Wildman–Crippen LogP) is 0.489. The van der Waals surface area contributed by atoms with Crippen LogP contribution < -0.4 is 0 Å². The Labute approximate surface area is 56.1 Å². The molecular weight excluding hydrogens is 116 g/mol. The van der Waals surface area contributed by atoms with Crippen LogP contribution in [0.4, 0.5) is 0 Å². The van der Waals surface area contributed by atoms with Crippen molar-refractivity contribution in [3.8, 4) is 0 Å². The largest absolute Gasteiger partial charge is 0.277 e. The number of hydrazine groups is 1. The zero-order chi connectivity index (χ0) is 7.07. The summed E-state index contributed by atoms with van der Waals surface area (Å²) in [7, 11) is 3.92. The molecule has 9 heavy (non-hydrogen) atoms. The van der Waals surface area contributed by atoms with Crippen molar-refractivity contribution in [3.05, 3.63) is 0 Å². The maximum atomic E-state index is 5.42. The Hall–Kier alpha value is -0.120. The molecule has 0 unspecified atom stereocenters. The van der Waals surface area contributed by atoms with Crippen molar-refractivity contribution in [2.45, 2.75) is 19.4 Å². The summed E-state index contributed by atoms with van der Waals surface area (Å²) in [6.07, 6.45) is 0. The predicted molar refractivity (Wildman–Crippen MR) is 35.6 cm³/mol. The molecule has 0 aromatic carbocycles. The lowest BCUT2D eigenvalue weighted by molar-refractivity contribution is -0.229. The molecule has 3 nitrogen and oxygen atoms in total. The third-order valence-electron chi connectivity index (χ3n) is 1.47. The Morgan fingerprint density at radius 2 is 1.89 bits per heavy atom. The van der Waals surface area contributed by atoms with Crippen molar-refractivity contribution in [3.63, 3.8) is 0 Å². The molecular formula is C6H14N2O. The van der Waals surface area contributed by atoms with Crippen molar-refractivity contribution < 1.29 is 4.84 Å². The molecule has 1 aliphatic heterocycles. The number of likely N-dealkylation sites (N-methyl/N-ethyl adjacent to an activating group) is 1. The molecule has 0 aromatic rings. The lowest BCUT2D eigenvalue weighted by Gasteiger charge is -2.15. The van der Waals surface area contributed by atoms with Gasteiger partial charge in [0.15, 0.2) is 0 Å². The van der Waals surface area contributed by atoms with E-state index in [2.05, 4.69) is 13.8 Å². The minimum Gasteiger partial charge on any atom is -0.277 e. The average molecular weight is 130 g/mol. The summed E-state index contributed by atoms with van der Waals surface area (Å²) in [5.74, 6) is 0. The first kappa shape index (κ1) is 6.99. The summed E-state index contributed by atoms with van der Waals surface area (Å²) in [6, 6.07) is 0. The monoisotopic (exact) mass is 130 g/mol. The summed E-state index contributed by atoms with van der Waals surface area (Å²) >= 11 is 0. The highest BCUT2D eigenvalue weighted by molar-refractivity contribution is 4.73. The number of rotatable bonds is 0. The summed E-state index contributed by atoms with van der Waals surface area (Å²) in [6.45, 7) is 5.11. The minimum atomic E-state index is -0.0104. The maximum absolute atomic E-state index is 5.42. The van der Waals surface area contributed by atoms with E-state index in [9.17, 15) is 0 Å². The molecule has 0 aliphatic carbocycles. The first-order valence-electron chi connectivity index (χ1n) is 3.15. The molecule has 1 saturated heterocycles. The van der Waals surface area contributed by atoms with Crippen LogP contribution in [0.2, 0.25) is 0 Å². The fourth-order valence-electron chi connectivity index (χ4n) is 1.11. The zero-order valence-electron chi connectivity index (χ0n) is 6.51. The van der Waals surface area contributed by atoms with E-state index in [4.69, 9.17) is 4.84 Å². The van der Waals surface area contributed by atoms with Crippen molar-refractivity contribution in [1.29, 1.82) is 0 Å². The molecule has 1 heterocycles. The van der Waals surface area contributed by atoms with Gasteiger partial charge in [0.05, 0.1) is 0 Å². The normalized spacial score (nSPS) is 29.3. The van der Waals surface area contributed by atoms with E-state index in [1.807, 2.05) is 19.1 Å². The number of hydrogen-bond donors (Lipinski definition) is 0. The Kier molecular flexibility index (Phi) is 1.50. The van der Waals surface area contributed by atoms with Crippen LogP contribution in [0.25, 0.3) is 0 Å². The van der Waals surface area contributed by atoms with Gasteiger partial charge in [0.2, 0.25) is 0 Å². The lowest BCUT2D eigenvalue weighted by Crippen LogP contribution is -2.28. The van der Waals surface area contributed by atoms with E-state index in [0.717, 1.165) is 6.54 Å². The van der Waals surface area contributed by atoms with Crippen LogP contribution in [-0.2, 0) is 4.84 Å². The maximum Gasteiger partial charge on any atom is 0.100 e. The molecule has 0 atom stereocenters. The van der Waals surface area contributed by atoms with Gasteiger partial charge in [-0.2, -0.15) is 0 Å². The summed E-state index contributed by atoms with van der Waals surface area (Å²) in [5, 5.41) is 3.81. The van der Waals surface area contributed by atoms with Gasteiger partial charge in [-0.15, -0.1) is 5.17 Å². The molecule has 0 amide bonds. The van der Waals surface area contributed by atoms with E-state index in [-0.39, 0.29) is 5.60 Å². The van der Waals surface area contributed by atoms with E-state index >= 15 is 0 Å². The van der Waals surface area contributed by atoms with Crippen LogP contribution in [0.5, 0.6) is 0 Å². The van der Waals surface area contributed by atoms with Crippen LogP contribution in [0.1, 0.15) is 13.8 Å². The fourth-order valence-corrected chi connectivity index (χ4v) is 1.11. The van der Waals surface area contributed by atoms with Gasteiger partial charge in [-0.1, -0.05) is 0 Å². The fraction of sp³-hybridized carbons (Fsp3) is 1.00. The molecule has 0 bridgehead atoms. The van der Waals surface area contributed by atoms with Crippen LogP contribution >= 0.6 is 0 Å². The highest BCUT2D eigenvalue weighted by atomic mass is 16.7. The SMILES string of the molecule is CN1CC(C)(C)ON1C. The van der Waals surface area contributed by atoms with Gasteiger partial charge < -0.3 is 0 Å². The van der Waals surface area contributed by atoms with Crippen molar-refractivity contribution in [2.24, 2.45) is 0 Å². The van der Waals surface area contributed by atoms with Gasteiger partial charge in [0.25, 0.3) is 0 Å². The summed E-state index contributed by atoms with van der Waals surface area (Å²) in [4.78, 5) is 5.42. The standard InChI is InChI=1S/C6H14N2O/c1-6(2)5-7(3)8(4)9-6/h5H2,1-4H3. The molecule has 1 fully saturated rings. The van der Waals surface area contributed by atoms with Gasteiger partial charge in [-0.3, -0.25) is 4.84 Å². The number of nitrogens with zero attached hydrogens (tertiary/aromatic N) is 2. The Morgan fingerprint density at radius 1 is 1.33 bits per heavy atom. The van der Waals surface area contributed by atoms with Crippen LogP contribution in [0, 0.1) is 0 Å². The van der Waals surface area contributed by atoms with Gasteiger partial charge >= 0.3 is 0 Å². The number of hydrogen-bond acceptors (Lipinski definition) is 3. The molecule has 0 aromatic heterocycles. The van der Waals surface area contributed by atoms with Gasteiger partial charge in [0, 0.05) is 20.6 Å². The highest BCUT2D eigenvalue weighted by Crippen LogP contribution is 2.20. The third-order valence-corrected chi connectivity index (χ3v) is 1.47. The molecule has 0 N–H and O–H groups in total. The molecule has 0 spiro atoms. The zero-order valence-corrected chi connectivity index (χ0v) is 6.51. The summed E-state index contributed by atoms with van der Waals surface area (Å²) in [5.41, 5.74) is -0.0104. The Balaban J connectivity index is 2.54. The number of hydroxylamine groups is 1. The van der Waals surface area contributed by atoms with E-state index in [0.29, 0.717) is 0 Å². The van der Waals surface area contributed by atoms with Crippen molar-refractivity contribution in [1.82, 2.24) is 10.2 Å². The molecule has 0 saturated carbocycles. The molecule has 54 valence electrons. The second kappa shape index (κ2) is 1.94. The third kappa shape index (κ3) is 1.41. The second-order valence-corrected chi connectivity index (χ2v) is 3.13. The Bertz CT molecular complexity index is 102. The quantitative estimate of drug-likeness (QED) is 0.474. The van der Waals surface area contributed by atoms with Gasteiger partial charge in [-0.25, -0.2) is 5.01 Å². The van der Waals surface area contributed by atoms with Crippen LogP contribution in [0.15, 0.2) is 0 Å². The highest BCUT2D eigenvalue weighted by Gasteiger charge is 2.32. The van der Waals surface area contributed by atoms with Gasteiger partial charge in [0.1, 0.15) is 5.60 Å². The van der Waals surface area contributed by atoms with Crippen LogP contribution in [-0.4, -0.2) is 36.4 Å². The smallest absolute Gasteiger partial charge is 0.100 e. The van der Waals surface area contributed by atoms with Crippen molar-refractivity contribution in [2.75, 3.05) is 20.6 Å². The first-order valence-corrected chi connectivity index (χ1v) is 3.15. The topological polar surface area (TPSA) is 15.7 Å². The molecule has 3 heteroatoms. The second-order valence-electron chi connectivity index (χ2n) is 3.13. The van der Waals surface area contributed by atoms with E-state index in [1.165, 1.54) is 0 Å². The average Bonchev–Trinajstić information content (AvgIpc) is 1.79. The van der Waals surface area contributed by atoms with Gasteiger partial charge in [-0.05, 0) is 13.8 Å². The van der Waals surface area contributed by atoms with E-state index < -0.39 is 0 Å².